The lowest BCUT2D eigenvalue weighted by atomic mass is 10.4. The third kappa shape index (κ3) is 3.23. The summed E-state index contributed by atoms with van der Waals surface area (Å²) < 4.78 is 26.3. The van der Waals surface area contributed by atoms with Crippen molar-refractivity contribution in [1.82, 2.24) is 9.78 Å². The molecule has 0 radical (unpaired) electrons. The predicted octanol–water partition coefficient (Wildman–Crippen LogP) is 0.290. The van der Waals surface area contributed by atoms with E-state index >= 15 is 0 Å². The third-order valence-electron chi connectivity index (χ3n) is 1.73. The fourth-order valence-corrected chi connectivity index (χ4v) is 2.04. The van der Waals surface area contributed by atoms with Gasteiger partial charge >= 0.3 is 5.97 Å². The smallest absolute Gasteiger partial charge is 0.320 e. The van der Waals surface area contributed by atoms with Crippen LogP contribution < -0.4 is 4.72 Å². The summed E-state index contributed by atoms with van der Waals surface area (Å²) in [4.78, 5) is 10.3. The van der Waals surface area contributed by atoms with Gasteiger partial charge in [0.05, 0.1) is 6.20 Å². The Labute approximate surface area is 93.1 Å². The first kappa shape index (κ1) is 12.5. The van der Waals surface area contributed by atoms with Crippen molar-refractivity contribution in [3.8, 4) is 0 Å². The molecule has 0 bridgehead atoms. The molecule has 8 heteroatoms. The van der Waals surface area contributed by atoms with E-state index in [9.17, 15) is 13.2 Å². The number of carboxylic acid groups (broad SMARTS) is 1. The van der Waals surface area contributed by atoms with Crippen LogP contribution in [-0.4, -0.2) is 35.0 Å². The van der Waals surface area contributed by atoms with Crippen LogP contribution >= 0.6 is 0 Å². The summed E-state index contributed by atoms with van der Waals surface area (Å²) in [7, 11) is -3.87. The van der Waals surface area contributed by atoms with Gasteiger partial charge in [-0.2, -0.15) is 5.10 Å². The Bertz CT molecular complexity index is 477. The molecule has 90 valence electrons. The molecule has 0 aliphatic rings. The third-order valence-corrected chi connectivity index (χ3v) is 2.88. The van der Waals surface area contributed by atoms with E-state index in [-0.39, 0.29) is 11.9 Å². The zero-order chi connectivity index (χ0) is 12.3. The number of nitrogens with one attached hydrogen (secondary N) is 1. The minimum absolute atomic E-state index is 0.0162. The zero-order valence-electron chi connectivity index (χ0n) is 8.91. The van der Waals surface area contributed by atoms with Crippen molar-refractivity contribution in [2.24, 2.45) is 0 Å². The maximum absolute atomic E-state index is 11.4. The molecule has 0 aliphatic carbocycles. The molecule has 1 aromatic heterocycles. The summed E-state index contributed by atoms with van der Waals surface area (Å²) in [6.45, 7) is 3.67. The van der Waals surface area contributed by atoms with Gasteiger partial charge in [0.15, 0.2) is 5.75 Å². The van der Waals surface area contributed by atoms with Gasteiger partial charge in [0.2, 0.25) is 10.0 Å². The maximum Gasteiger partial charge on any atom is 0.320 e. The first-order valence-corrected chi connectivity index (χ1v) is 6.23. The van der Waals surface area contributed by atoms with Crippen molar-refractivity contribution >= 4 is 21.8 Å². The maximum atomic E-state index is 11.4. The quantitative estimate of drug-likeness (QED) is 0.778. The van der Waals surface area contributed by atoms with Gasteiger partial charge in [0.1, 0.15) is 5.82 Å². The standard InChI is InChI=1S/C8H13N3O4S/c1-6(2)11-7(3-4-9-11)10-16(14,15)5-8(12)13/h3-4,6,10H,5H2,1-2H3,(H,12,13). The van der Waals surface area contributed by atoms with Crippen LogP contribution in [0.25, 0.3) is 0 Å². The Hall–Kier alpha value is -1.57. The second-order valence-electron chi connectivity index (χ2n) is 3.51. The van der Waals surface area contributed by atoms with Crippen molar-refractivity contribution in [2.75, 3.05) is 10.5 Å². The molecule has 0 aromatic carbocycles. The lowest BCUT2D eigenvalue weighted by Crippen LogP contribution is -2.24. The van der Waals surface area contributed by atoms with E-state index in [2.05, 4.69) is 9.82 Å². The summed E-state index contributed by atoms with van der Waals surface area (Å²) in [6, 6.07) is 1.46. The average molecular weight is 247 g/mol. The summed E-state index contributed by atoms with van der Waals surface area (Å²) in [5, 5.41) is 12.3. The Morgan fingerprint density at radius 1 is 1.62 bits per heavy atom. The normalized spacial score (nSPS) is 11.7. The summed E-state index contributed by atoms with van der Waals surface area (Å²) >= 11 is 0. The Kier molecular flexibility index (Phi) is 3.53. The zero-order valence-corrected chi connectivity index (χ0v) is 9.73. The molecule has 0 fully saturated rings. The van der Waals surface area contributed by atoms with Crippen molar-refractivity contribution < 1.29 is 18.3 Å². The first-order chi connectivity index (χ1) is 7.32. The van der Waals surface area contributed by atoms with Crippen LogP contribution in [0.2, 0.25) is 0 Å². The van der Waals surface area contributed by atoms with E-state index in [0.29, 0.717) is 0 Å². The number of hydrogen-bond acceptors (Lipinski definition) is 4. The van der Waals surface area contributed by atoms with Gasteiger partial charge in [-0.05, 0) is 13.8 Å². The molecular weight excluding hydrogens is 234 g/mol. The topological polar surface area (TPSA) is 101 Å². The summed E-state index contributed by atoms with van der Waals surface area (Å²) in [5.41, 5.74) is 0. The molecule has 1 heterocycles. The minimum Gasteiger partial charge on any atom is -0.480 e. The number of aromatic nitrogens is 2. The van der Waals surface area contributed by atoms with Gasteiger partial charge < -0.3 is 5.11 Å². The van der Waals surface area contributed by atoms with E-state index in [1.165, 1.54) is 16.9 Å². The molecule has 16 heavy (non-hydrogen) atoms. The first-order valence-electron chi connectivity index (χ1n) is 4.57. The van der Waals surface area contributed by atoms with Gasteiger partial charge in [-0.25, -0.2) is 13.1 Å². The molecule has 1 rings (SSSR count). The van der Waals surface area contributed by atoms with Crippen molar-refractivity contribution in [3.63, 3.8) is 0 Å². The molecular formula is C8H13N3O4S. The predicted molar refractivity (Wildman–Crippen MR) is 57.7 cm³/mol. The second-order valence-corrected chi connectivity index (χ2v) is 5.23. The Morgan fingerprint density at radius 3 is 2.75 bits per heavy atom. The molecule has 0 amide bonds. The van der Waals surface area contributed by atoms with E-state index in [0.717, 1.165) is 0 Å². The van der Waals surface area contributed by atoms with Crippen LogP contribution in [0.3, 0.4) is 0 Å². The van der Waals surface area contributed by atoms with Gasteiger partial charge in [0.25, 0.3) is 0 Å². The molecule has 7 nitrogen and oxygen atoms in total. The van der Waals surface area contributed by atoms with Gasteiger partial charge in [-0.15, -0.1) is 0 Å². The monoisotopic (exact) mass is 247 g/mol. The summed E-state index contributed by atoms with van der Waals surface area (Å²) in [5.74, 6) is -2.10. The molecule has 0 unspecified atom stereocenters. The average Bonchev–Trinajstić information content (AvgIpc) is 2.48. The van der Waals surface area contributed by atoms with Crippen molar-refractivity contribution in [2.45, 2.75) is 19.9 Å². The number of carboxylic acids is 1. The largest absolute Gasteiger partial charge is 0.480 e. The number of anilines is 1. The highest BCUT2D eigenvalue weighted by atomic mass is 32.2. The lowest BCUT2D eigenvalue weighted by Gasteiger charge is -2.11. The minimum atomic E-state index is -3.87. The van der Waals surface area contributed by atoms with Gasteiger partial charge in [-0.3, -0.25) is 9.52 Å². The lowest BCUT2D eigenvalue weighted by molar-refractivity contribution is -0.134. The summed E-state index contributed by atoms with van der Waals surface area (Å²) in [6.07, 6.45) is 1.44. The number of sulfonamides is 1. The van der Waals surface area contributed by atoms with E-state index in [1.54, 1.807) is 0 Å². The van der Waals surface area contributed by atoms with Crippen LogP contribution in [0.5, 0.6) is 0 Å². The highest BCUT2D eigenvalue weighted by molar-refractivity contribution is 7.93. The molecule has 0 saturated carbocycles. The molecule has 2 N–H and O–H groups in total. The van der Waals surface area contributed by atoms with Crippen LogP contribution in [0, 0.1) is 0 Å². The highest BCUT2D eigenvalue weighted by Crippen LogP contribution is 2.14. The highest BCUT2D eigenvalue weighted by Gasteiger charge is 2.18. The van der Waals surface area contributed by atoms with Crippen molar-refractivity contribution in [1.29, 1.82) is 0 Å². The van der Waals surface area contributed by atoms with Crippen LogP contribution in [-0.2, 0) is 14.8 Å². The van der Waals surface area contributed by atoms with Crippen LogP contribution in [0.15, 0.2) is 12.3 Å². The van der Waals surface area contributed by atoms with E-state index < -0.39 is 21.7 Å². The molecule has 0 atom stereocenters. The molecule has 0 aliphatic heterocycles. The van der Waals surface area contributed by atoms with E-state index in [4.69, 9.17) is 5.11 Å². The van der Waals surface area contributed by atoms with Gasteiger partial charge in [-0.1, -0.05) is 0 Å². The van der Waals surface area contributed by atoms with Crippen LogP contribution in [0.1, 0.15) is 19.9 Å². The number of hydrogen-bond donors (Lipinski definition) is 2. The number of carbonyl (C=O) groups is 1. The molecule has 0 spiro atoms. The number of aliphatic carboxylic acids is 1. The number of rotatable bonds is 5. The molecule has 0 saturated heterocycles. The fraction of sp³-hybridized carbons (Fsp3) is 0.500. The van der Waals surface area contributed by atoms with Gasteiger partial charge in [0, 0.05) is 12.1 Å². The van der Waals surface area contributed by atoms with Crippen LogP contribution in [0.4, 0.5) is 5.82 Å². The second kappa shape index (κ2) is 4.52. The Balaban J connectivity index is 2.88. The van der Waals surface area contributed by atoms with E-state index in [1.807, 2.05) is 13.8 Å². The molecule has 1 aromatic rings. The SMILES string of the molecule is CC(C)n1nccc1NS(=O)(=O)CC(=O)O. The Morgan fingerprint density at radius 2 is 2.25 bits per heavy atom. The number of nitrogens with zero attached hydrogens (tertiary/aromatic N) is 2. The fourth-order valence-electron chi connectivity index (χ4n) is 1.16. The van der Waals surface area contributed by atoms with Crippen molar-refractivity contribution in [3.05, 3.63) is 12.3 Å².